The fourth-order valence-electron chi connectivity index (χ4n) is 9.21. The van der Waals surface area contributed by atoms with E-state index in [0.29, 0.717) is 12.4 Å². The maximum absolute atomic E-state index is 13.8. The van der Waals surface area contributed by atoms with Gasteiger partial charge < -0.3 is 110 Å². The van der Waals surface area contributed by atoms with E-state index in [9.17, 15) is 70.2 Å². The topological polar surface area (TPSA) is 393 Å². The molecule has 0 aromatic heterocycles. The number of aliphatic hydroxyl groups is 10. The molecule has 4 saturated heterocycles. The Labute approximate surface area is 428 Å². The molecule has 5 rings (SSSR count). The standard InChI is InChI=1S/C48H76N4O22/c1-5-6-7-8-9-10-11-12-13-17-67-27-16-14-15-26(18-27)44(65)52-33-37(61)36(60)28(19-53)69-46(33)73-42-30(21-55)71-48(35(39(42)63)51-25(4)59)74-43-31(22-56)70-47(34(40(43)64)50-24(3)58)72-41-29(20-54)68-45(66)32(38(41)62)49-23(2)57/h10-11,14-16,18,28-43,45-48,53-56,60-64,66H,5-9,12-13,17,19-22H2,1-4H3,(H,49,57)(H,50,58)(H,51,59)(H,52,65)/t28?,29-,30-,31?,32?,33?,34?,35?,36+,37+,38?,39?,40+,41+,42+,43+,45?,46-,47-,48?/m0/s1. The van der Waals surface area contributed by atoms with Crippen LogP contribution >= 0.6 is 0 Å². The average Bonchev–Trinajstić information content (AvgIpc) is 3.36. The van der Waals surface area contributed by atoms with Gasteiger partial charge in [0.1, 0.15) is 103 Å². The van der Waals surface area contributed by atoms with Gasteiger partial charge in [-0.15, -0.1) is 0 Å². The third kappa shape index (κ3) is 16.0. The lowest BCUT2D eigenvalue weighted by Gasteiger charge is -2.51. The van der Waals surface area contributed by atoms with E-state index in [2.05, 4.69) is 40.3 Å². The zero-order valence-electron chi connectivity index (χ0n) is 41.9. The normalized spacial score (nSPS) is 36.5. The number of carbonyl (C=O) groups excluding carboxylic acids is 4. The van der Waals surface area contributed by atoms with Gasteiger partial charge in [0.05, 0.1) is 33.0 Å². The number of hydrogen-bond donors (Lipinski definition) is 14. The minimum Gasteiger partial charge on any atom is -0.494 e. The molecule has 4 aliphatic heterocycles. The molecule has 0 bridgehead atoms. The summed E-state index contributed by atoms with van der Waals surface area (Å²) in [5.41, 5.74) is 0.0817. The van der Waals surface area contributed by atoms with Gasteiger partial charge in [0.2, 0.25) is 17.7 Å². The summed E-state index contributed by atoms with van der Waals surface area (Å²) in [5.74, 6) is -2.58. The maximum Gasteiger partial charge on any atom is 0.251 e. The third-order valence-electron chi connectivity index (χ3n) is 13.0. The Morgan fingerprint density at radius 3 is 1.47 bits per heavy atom. The number of benzene rings is 1. The van der Waals surface area contributed by atoms with E-state index < -0.39 is 173 Å². The first kappa shape index (κ1) is 60.8. The molecule has 4 aliphatic rings. The van der Waals surface area contributed by atoms with Gasteiger partial charge in [0.25, 0.3) is 5.91 Å². The van der Waals surface area contributed by atoms with Gasteiger partial charge in [0.15, 0.2) is 25.2 Å². The zero-order valence-corrected chi connectivity index (χ0v) is 41.9. The van der Waals surface area contributed by atoms with Crippen molar-refractivity contribution in [1.82, 2.24) is 21.3 Å². The minimum absolute atomic E-state index is 0.0817. The third-order valence-corrected chi connectivity index (χ3v) is 13.0. The van der Waals surface area contributed by atoms with Crippen LogP contribution in [0.3, 0.4) is 0 Å². The van der Waals surface area contributed by atoms with Crippen LogP contribution in [0, 0.1) is 0 Å². The average molecular weight is 1060 g/mol. The molecule has 1 aromatic carbocycles. The van der Waals surface area contributed by atoms with Crippen molar-refractivity contribution in [2.24, 2.45) is 0 Å². The van der Waals surface area contributed by atoms with Crippen molar-refractivity contribution in [3.05, 3.63) is 42.0 Å². The van der Waals surface area contributed by atoms with E-state index in [4.69, 9.17) is 37.9 Å². The van der Waals surface area contributed by atoms with Crippen LogP contribution in [0.15, 0.2) is 36.4 Å². The predicted octanol–water partition coefficient (Wildman–Crippen LogP) is -4.19. The summed E-state index contributed by atoms with van der Waals surface area (Å²) in [7, 11) is 0. The number of ether oxygens (including phenoxy) is 8. The van der Waals surface area contributed by atoms with Crippen molar-refractivity contribution in [2.45, 2.75) is 195 Å². The lowest BCUT2D eigenvalue weighted by Crippen LogP contribution is -2.71. The Hall–Kier alpha value is -4.04. The molecule has 4 heterocycles. The van der Waals surface area contributed by atoms with E-state index in [1.54, 1.807) is 12.1 Å². The number of rotatable bonds is 25. The first-order valence-electron chi connectivity index (χ1n) is 25.0. The molecule has 0 spiro atoms. The molecule has 0 saturated carbocycles. The summed E-state index contributed by atoms with van der Waals surface area (Å²) >= 11 is 0. The lowest BCUT2D eigenvalue weighted by atomic mass is 9.93. The molecule has 420 valence electrons. The van der Waals surface area contributed by atoms with E-state index in [-0.39, 0.29) is 5.56 Å². The van der Waals surface area contributed by atoms with Crippen LogP contribution in [0.5, 0.6) is 5.75 Å². The van der Waals surface area contributed by atoms with Gasteiger partial charge in [-0.2, -0.15) is 0 Å². The Bertz CT molecular complexity index is 1960. The van der Waals surface area contributed by atoms with E-state index in [1.807, 2.05) is 0 Å². The maximum atomic E-state index is 13.8. The van der Waals surface area contributed by atoms with Crippen LogP contribution < -0.4 is 26.0 Å². The van der Waals surface area contributed by atoms with Crippen molar-refractivity contribution in [3.8, 4) is 5.75 Å². The zero-order chi connectivity index (χ0) is 54.2. The molecule has 20 atom stereocenters. The van der Waals surface area contributed by atoms with E-state index >= 15 is 0 Å². The number of aliphatic hydroxyl groups excluding tert-OH is 10. The molecule has 10 unspecified atom stereocenters. The summed E-state index contributed by atoms with van der Waals surface area (Å²) in [6.07, 6.45) is -16.1. The van der Waals surface area contributed by atoms with Crippen molar-refractivity contribution in [3.63, 3.8) is 0 Å². The van der Waals surface area contributed by atoms with Crippen LogP contribution in [0.2, 0.25) is 0 Å². The van der Waals surface area contributed by atoms with E-state index in [0.717, 1.165) is 46.5 Å². The Morgan fingerprint density at radius 1 is 0.541 bits per heavy atom. The lowest BCUT2D eigenvalue weighted by molar-refractivity contribution is -0.361. The molecular weight excluding hydrogens is 985 g/mol. The first-order chi connectivity index (χ1) is 35.4. The Kier molecular flexibility index (Phi) is 24.2. The van der Waals surface area contributed by atoms with Crippen LogP contribution in [0.1, 0.15) is 83.0 Å². The molecule has 26 heteroatoms. The molecule has 1 aromatic rings. The largest absolute Gasteiger partial charge is 0.494 e. The highest BCUT2D eigenvalue weighted by atomic mass is 16.8. The molecule has 4 fully saturated rings. The molecule has 14 N–H and O–H groups in total. The molecule has 0 radical (unpaired) electrons. The minimum atomic E-state index is -1.94. The summed E-state index contributed by atoms with van der Waals surface area (Å²) in [6.45, 7) is 2.23. The van der Waals surface area contributed by atoms with Crippen LogP contribution in [0.25, 0.3) is 0 Å². The van der Waals surface area contributed by atoms with Crippen molar-refractivity contribution < 1.29 is 108 Å². The van der Waals surface area contributed by atoms with Gasteiger partial charge in [-0.3, -0.25) is 19.2 Å². The molecular formula is C48H76N4O22. The number of nitrogens with one attached hydrogen (secondary N) is 4. The van der Waals surface area contributed by atoms with Crippen LogP contribution in [-0.4, -0.2) is 230 Å². The molecule has 0 aliphatic carbocycles. The van der Waals surface area contributed by atoms with Gasteiger partial charge in [-0.1, -0.05) is 44.4 Å². The van der Waals surface area contributed by atoms with E-state index in [1.165, 1.54) is 31.4 Å². The second-order valence-corrected chi connectivity index (χ2v) is 18.7. The highest BCUT2D eigenvalue weighted by Gasteiger charge is 2.56. The number of hydrogen-bond acceptors (Lipinski definition) is 22. The quantitative estimate of drug-likeness (QED) is 0.0326. The fourth-order valence-corrected chi connectivity index (χ4v) is 9.21. The van der Waals surface area contributed by atoms with Gasteiger partial charge in [-0.05, 0) is 43.9 Å². The molecule has 26 nitrogen and oxygen atoms in total. The Morgan fingerprint density at radius 2 is 0.986 bits per heavy atom. The monoisotopic (exact) mass is 1060 g/mol. The molecule has 4 amide bonds. The number of allylic oxidation sites excluding steroid dienone is 2. The summed E-state index contributed by atoms with van der Waals surface area (Å²) < 4.78 is 47.4. The predicted molar refractivity (Wildman–Crippen MR) is 253 cm³/mol. The highest BCUT2D eigenvalue weighted by Crippen LogP contribution is 2.35. The van der Waals surface area contributed by atoms with Crippen molar-refractivity contribution in [2.75, 3.05) is 33.0 Å². The van der Waals surface area contributed by atoms with Gasteiger partial charge >= 0.3 is 0 Å². The number of amides is 4. The number of carbonyl (C=O) groups is 4. The van der Waals surface area contributed by atoms with Crippen LogP contribution in [-0.2, 0) is 47.5 Å². The van der Waals surface area contributed by atoms with Crippen molar-refractivity contribution in [1.29, 1.82) is 0 Å². The van der Waals surface area contributed by atoms with Gasteiger partial charge in [-0.25, -0.2) is 0 Å². The second-order valence-electron chi connectivity index (χ2n) is 18.7. The summed E-state index contributed by atoms with van der Waals surface area (Å²) in [5, 5.41) is 119. The van der Waals surface area contributed by atoms with Crippen molar-refractivity contribution >= 4 is 23.6 Å². The summed E-state index contributed by atoms with van der Waals surface area (Å²) in [4.78, 5) is 50.9. The Balaban J connectivity index is 1.32. The smallest absolute Gasteiger partial charge is 0.251 e. The first-order valence-corrected chi connectivity index (χ1v) is 25.0. The summed E-state index contributed by atoms with van der Waals surface area (Å²) in [6, 6.07) is -0.191. The SMILES string of the molecule is CCCCCCC=CCCCOc1cccc(C(=O)NC2[C@H](O[C@H]3C(O)C(NC(C)=O)C(O[C@@H]4C(CO)O[C@@H](O[C@H]5C(O)C(NC(C)=O)C(O)O[C@H]5CO)C(NC(C)=O)[C@H]4O)O[C@H]3CO)OC(CO)[C@@H](O)[C@@H]2O)c1. The fraction of sp³-hybridized carbons (Fsp3) is 0.750. The molecule has 74 heavy (non-hydrogen) atoms. The second kappa shape index (κ2) is 29.5. The highest BCUT2D eigenvalue weighted by molar-refractivity contribution is 5.94. The van der Waals surface area contributed by atoms with Gasteiger partial charge in [0, 0.05) is 26.3 Å². The number of unbranched alkanes of at least 4 members (excludes halogenated alkanes) is 5. The van der Waals surface area contributed by atoms with Crippen LogP contribution in [0.4, 0.5) is 0 Å².